The smallest absolute Gasteiger partial charge is 0.191 e. The van der Waals surface area contributed by atoms with Gasteiger partial charge in [-0.15, -0.1) is 24.0 Å². The average molecular weight is 519 g/mol. The van der Waals surface area contributed by atoms with E-state index in [-0.39, 0.29) is 24.0 Å². The summed E-state index contributed by atoms with van der Waals surface area (Å²) in [6.07, 6.45) is 0. The molecule has 1 atom stereocenters. The lowest BCUT2D eigenvalue weighted by Gasteiger charge is -2.34. The molecule has 0 amide bonds. The van der Waals surface area contributed by atoms with E-state index in [1.165, 1.54) is 11.1 Å². The van der Waals surface area contributed by atoms with Crippen molar-refractivity contribution in [3.05, 3.63) is 35.4 Å². The Labute approximate surface area is 192 Å². The number of aliphatic hydroxyl groups is 1. The van der Waals surface area contributed by atoms with Crippen LogP contribution in [0.15, 0.2) is 29.3 Å². The second kappa shape index (κ2) is 13.4. The van der Waals surface area contributed by atoms with Crippen molar-refractivity contribution >= 4 is 29.9 Å². The third-order valence-corrected chi connectivity index (χ3v) is 4.56. The van der Waals surface area contributed by atoms with Gasteiger partial charge in [-0.2, -0.15) is 0 Å². The van der Waals surface area contributed by atoms with E-state index in [2.05, 4.69) is 63.8 Å². The predicted octanol–water partition coefficient (Wildman–Crippen LogP) is 1.50. The van der Waals surface area contributed by atoms with Gasteiger partial charge in [-0.25, -0.2) is 4.99 Å². The van der Waals surface area contributed by atoms with Crippen molar-refractivity contribution in [1.82, 2.24) is 20.4 Å². The first kappa shape index (κ1) is 26.1. The number of nitrogens with one attached hydrogen (secondary N) is 2. The number of benzene rings is 1. The maximum absolute atomic E-state index is 10.8. The van der Waals surface area contributed by atoms with Crippen molar-refractivity contribution in [1.29, 1.82) is 0 Å². The zero-order chi connectivity index (χ0) is 20.4. The Morgan fingerprint density at radius 2 is 1.93 bits per heavy atom. The molecule has 29 heavy (non-hydrogen) atoms. The second-order valence-electron chi connectivity index (χ2n) is 7.99. The van der Waals surface area contributed by atoms with Gasteiger partial charge in [0.15, 0.2) is 5.96 Å². The summed E-state index contributed by atoms with van der Waals surface area (Å²) in [7, 11) is 4.14. The molecular weight excluding hydrogens is 481 g/mol. The lowest BCUT2D eigenvalue weighted by atomic mass is 10.1. The molecule has 0 bridgehead atoms. The van der Waals surface area contributed by atoms with Crippen LogP contribution in [0.2, 0.25) is 0 Å². The summed E-state index contributed by atoms with van der Waals surface area (Å²) in [5, 5.41) is 17.3. The molecule has 0 aromatic heterocycles. The van der Waals surface area contributed by atoms with Crippen LogP contribution in [0.1, 0.15) is 25.0 Å². The first-order chi connectivity index (χ1) is 13.4. The summed E-state index contributed by atoms with van der Waals surface area (Å²) < 4.78 is 5.38. The van der Waals surface area contributed by atoms with Crippen LogP contribution in [0, 0.1) is 0 Å². The molecule has 0 aliphatic carbocycles. The molecule has 1 heterocycles. The second-order valence-corrected chi connectivity index (χ2v) is 7.99. The Hall–Kier alpha value is -0.940. The molecule has 1 aromatic rings. The number of halogens is 1. The lowest BCUT2D eigenvalue weighted by molar-refractivity contribution is -0.0201. The molecule has 0 saturated carbocycles. The van der Waals surface area contributed by atoms with Gasteiger partial charge in [0.1, 0.15) is 0 Å². The molecule has 3 N–H and O–H groups in total. The number of nitrogens with zero attached hydrogens (tertiary/aromatic N) is 3. The fraction of sp³-hybridized carbons (Fsp3) is 0.667. The number of β-amino-alcohol motifs (C(OH)–C–C–N with tert-alkyl or cyclic N) is 1. The van der Waals surface area contributed by atoms with E-state index in [9.17, 15) is 5.11 Å². The van der Waals surface area contributed by atoms with E-state index >= 15 is 0 Å². The summed E-state index contributed by atoms with van der Waals surface area (Å²) in [5.41, 5.74) is 1.62. The number of rotatable bonds is 9. The number of ether oxygens (including phenoxy) is 1. The van der Waals surface area contributed by atoms with Gasteiger partial charge in [0, 0.05) is 39.3 Å². The molecule has 1 aromatic carbocycles. The van der Waals surface area contributed by atoms with E-state index in [1.54, 1.807) is 0 Å². The molecular formula is C21H38IN5O2. The molecule has 166 valence electrons. The summed E-state index contributed by atoms with van der Waals surface area (Å²) in [5.74, 6) is 0.725. The highest BCUT2D eigenvalue weighted by molar-refractivity contribution is 14.0. The first-order valence-electron chi connectivity index (χ1n) is 10.1. The van der Waals surface area contributed by atoms with Crippen molar-refractivity contribution in [3.8, 4) is 0 Å². The molecule has 1 aliphatic rings. The number of guanidine groups is 1. The van der Waals surface area contributed by atoms with Crippen molar-refractivity contribution in [2.75, 3.05) is 60.0 Å². The van der Waals surface area contributed by atoms with Gasteiger partial charge >= 0.3 is 0 Å². The largest absolute Gasteiger partial charge is 0.387 e. The van der Waals surface area contributed by atoms with Crippen LogP contribution < -0.4 is 10.6 Å². The highest BCUT2D eigenvalue weighted by Crippen LogP contribution is 2.09. The van der Waals surface area contributed by atoms with Gasteiger partial charge in [-0.1, -0.05) is 24.3 Å². The minimum Gasteiger partial charge on any atom is -0.387 e. The topological polar surface area (TPSA) is 72.4 Å². The molecule has 7 nitrogen and oxygen atoms in total. The minimum atomic E-state index is -0.834. The van der Waals surface area contributed by atoms with Gasteiger partial charge in [-0.3, -0.25) is 4.90 Å². The molecule has 8 heteroatoms. The quantitative estimate of drug-likeness (QED) is 0.261. The molecule has 1 aliphatic heterocycles. The average Bonchev–Trinajstić information content (AvgIpc) is 2.64. The Morgan fingerprint density at radius 1 is 1.24 bits per heavy atom. The van der Waals surface area contributed by atoms with E-state index in [4.69, 9.17) is 4.74 Å². The zero-order valence-electron chi connectivity index (χ0n) is 18.3. The van der Waals surface area contributed by atoms with Crippen molar-refractivity contribution in [3.63, 3.8) is 0 Å². The predicted molar refractivity (Wildman–Crippen MR) is 130 cm³/mol. The maximum Gasteiger partial charge on any atom is 0.191 e. The molecule has 2 rings (SSSR count). The normalized spacial score (nSPS) is 17.5. The van der Waals surface area contributed by atoms with Crippen molar-refractivity contribution < 1.29 is 9.84 Å². The maximum atomic E-state index is 10.8. The van der Waals surface area contributed by atoms with Crippen LogP contribution in [0.5, 0.6) is 0 Å². The molecule has 0 spiro atoms. The van der Waals surface area contributed by atoms with Crippen LogP contribution in [0.3, 0.4) is 0 Å². The first-order valence-corrected chi connectivity index (χ1v) is 10.1. The van der Waals surface area contributed by atoms with E-state index in [0.717, 1.165) is 45.4 Å². The molecule has 1 unspecified atom stereocenters. The third-order valence-electron chi connectivity index (χ3n) is 4.56. The van der Waals surface area contributed by atoms with Gasteiger partial charge < -0.3 is 25.4 Å². The van der Waals surface area contributed by atoms with Crippen LogP contribution in [-0.4, -0.2) is 86.5 Å². The Kier molecular flexibility index (Phi) is 12.0. The van der Waals surface area contributed by atoms with Gasteiger partial charge in [0.05, 0.1) is 25.4 Å². The summed E-state index contributed by atoms with van der Waals surface area (Å²) in [6, 6.07) is 8.51. The molecule has 1 saturated heterocycles. The van der Waals surface area contributed by atoms with E-state index in [1.807, 2.05) is 13.8 Å². The number of hydrogen-bond donors (Lipinski definition) is 3. The van der Waals surface area contributed by atoms with Crippen LogP contribution in [0.4, 0.5) is 0 Å². The highest BCUT2D eigenvalue weighted by atomic mass is 127. The van der Waals surface area contributed by atoms with E-state index in [0.29, 0.717) is 19.6 Å². The standard InChI is InChI=1S/C21H37N5O2.HI/c1-5-22-20(23-14-18-7-6-8-19(13-18)15-25(3)4)24-16-21(2,27)17-26-9-11-28-12-10-26;/h6-8,13,27H,5,9-12,14-17H2,1-4H3,(H2,22,23,24);1H. The minimum absolute atomic E-state index is 0. The lowest BCUT2D eigenvalue weighted by Crippen LogP contribution is -2.52. The number of morpholine rings is 1. The van der Waals surface area contributed by atoms with Gasteiger partial charge in [0.25, 0.3) is 0 Å². The summed E-state index contributed by atoms with van der Waals surface area (Å²) in [4.78, 5) is 9.09. The van der Waals surface area contributed by atoms with Crippen molar-refractivity contribution in [2.45, 2.75) is 32.5 Å². The number of hydrogen-bond acceptors (Lipinski definition) is 5. The van der Waals surface area contributed by atoms with Gasteiger partial charge in [-0.05, 0) is 39.1 Å². The Bertz CT molecular complexity index is 619. The molecule has 1 fully saturated rings. The van der Waals surface area contributed by atoms with Gasteiger partial charge in [0.2, 0.25) is 0 Å². The van der Waals surface area contributed by atoms with Crippen LogP contribution in [-0.2, 0) is 17.8 Å². The third kappa shape index (κ3) is 10.6. The van der Waals surface area contributed by atoms with Crippen LogP contribution in [0.25, 0.3) is 0 Å². The van der Waals surface area contributed by atoms with Crippen molar-refractivity contribution in [2.24, 2.45) is 4.99 Å². The fourth-order valence-corrected chi connectivity index (χ4v) is 3.27. The fourth-order valence-electron chi connectivity index (χ4n) is 3.27. The zero-order valence-corrected chi connectivity index (χ0v) is 20.6. The Balaban J connectivity index is 0.00000420. The highest BCUT2D eigenvalue weighted by Gasteiger charge is 2.25. The monoisotopic (exact) mass is 519 g/mol. The SMILES string of the molecule is CCNC(=NCc1cccc(CN(C)C)c1)NCC(C)(O)CN1CCOCC1.I. The summed E-state index contributed by atoms with van der Waals surface area (Å²) in [6.45, 7) is 10.5. The van der Waals surface area contributed by atoms with Crippen LogP contribution >= 0.6 is 24.0 Å². The van der Waals surface area contributed by atoms with E-state index < -0.39 is 5.60 Å². The Morgan fingerprint density at radius 3 is 2.59 bits per heavy atom. The summed E-state index contributed by atoms with van der Waals surface area (Å²) >= 11 is 0. The molecule has 0 radical (unpaired) electrons. The number of aliphatic imine (C=N–C) groups is 1.